The number of imidazole rings is 1. The van der Waals surface area contributed by atoms with Crippen LogP contribution in [0.4, 0.5) is 4.39 Å². The van der Waals surface area contributed by atoms with Crippen LogP contribution in [0.5, 0.6) is 0 Å². The van der Waals surface area contributed by atoms with E-state index in [4.69, 9.17) is 4.98 Å². The molecule has 1 atom stereocenters. The molecule has 9 heteroatoms. The van der Waals surface area contributed by atoms with Gasteiger partial charge in [0.2, 0.25) is 0 Å². The monoisotopic (exact) mass is 439 g/mol. The van der Waals surface area contributed by atoms with Gasteiger partial charge in [0, 0.05) is 18.7 Å². The highest BCUT2D eigenvalue weighted by Gasteiger charge is 2.34. The van der Waals surface area contributed by atoms with Crippen molar-refractivity contribution in [1.82, 2.24) is 23.8 Å². The Bertz CT molecular complexity index is 1210. The number of aromatic nitrogens is 4. The van der Waals surface area contributed by atoms with Gasteiger partial charge in [0.15, 0.2) is 10.8 Å². The number of carbonyl (C=O) groups is 1. The number of halogens is 1. The molecule has 3 aromatic heterocycles. The minimum absolute atomic E-state index is 0.111. The summed E-state index contributed by atoms with van der Waals surface area (Å²) in [7, 11) is 0. The fourth-order valence-electron chi connectivity index (χ4n) is 3.85. The number of fused-ring (bicyclic) bond motifs is 1. The van der Waals surface area contributed by atoms with Gasteiger partial charge in [-0.3, -0.25) is 4.79 Å². The number of hydrogen-bond acceptors (Lipinski definition) is 6. The quantitative estimate of drug-likeness (QED) is 0.460. The molecule has 5 rings (SSSR count). The number of aryl methyl sites for hydroxylation is 1. The van der Waals surface area contributed by atoms with Gasteiger partial charge in [-0.05, 0) is 61.1 Å². The standard InChI is InChI=1S/C21H18FN5OS2/c1-12-18-17(16-4-3-11-29-16)24-19(20-23-13(2)25-30-20)27(18)10-9-26(12)21(28)14-5-7-15(22)8-6-14/h3-8,11-12H,9-10H2,1-2H3/t12-/m1/s1. The SMILES string of the molecule is Cc1nsc(-c2nc(-c3cccs3)c3n2CCN(C(=O)c2ccc(F)cc2)[C@@H]3C)n1. The first-order valence-corrected chi connectivity index (χ1v) is 11.2. The van der Waals surface area contributed by atoms with Gasteiger partial charge in [-0.2, -0.15) is 4.37 Å². The summed E-state index contributed by atoms with van der Waals surface area (Å²) in [5.74, 6) is 1.05. The summed E-state index contributed by atoms with van der Waals surface area (Å²) < 4.78 is 19.8. The Hall–Kier alpha value is -2.91. The first-order chi connectivity index (χ1) is 14.5. The molecule has 30 heavy (non-hydrogen) atoms. The van der Waals surface area contributed by atoms with Crippen molar-refractivity contribution in [1.29, 1.82) is 0 Å². The lowest BCUT2D eigenvalue weighted by Crippen LogP contribution is -2.41. The van der Waals surface area contributed by atoms with Crippen LogP contribution in [-0.2, 0) is 6.54 Å². The number of carbonyl (C=O) groups excluding carboxylic acids is 1. The predicted octanol–water partition coefficient (Wildman–Crippen LogP) is 4.79. The molecule has 0 saturated carbocycles. The Morgan fingerprint density at radius 3 is 2.63 bits per heavy atom. The third-order valence-corrected chi connectivity index (χ3v) is 6.94. The minimum Gasteiger partial charge on any atom is -0.329 e. The first kappa shape index (κ1) is 19.1. The van der Waals surface area contributed by atoms with E-state index in [-0.39, 0.29) is 17.8 Å². The zero-order valence-electron chi connectivity index (χ0n) is 16.4. The summed E-state index contributed by atoms with van der Waals surface area (Å²) in [6.45, 7) is 5.03. The second kappa shape index (κ2) is 7.41. The highest BCUT2D eigenvalue weighted by atomic mass is 32.1. The molecule has 0 fully saturated rings. The van der Waals surface area contributed by atoms with Crippen LogP contribution in [0.1, 0.15) is 34.8 Å². The van der Waals surface area contributed by atoms with E-state index in [0.717, 1.165) is 32.9 Å². The van der Waals surface area contributed by atoms with Crippen molar-refractivity contribution in [2.24, 2.45) is 0 Å². The Morgan fingerprint density at radius 1 is 1.17 bits per heavy atom. The van der Waals surface area contributed by atoms with E-state index in [9.17, 15) is 9.18 Å². The predicted molar refractivity (Wildman–Crippen MR) is 115 cm³/mol. The maximum Gasteiger partial charge on any atom is 0.254 e. The fraction of sp³-hybridized carbons (Fsp3) is 0.238. The van der Waals surface area contributed by atoms with Crippen LogP contribution in [0, 0.1) is 12.7 Å². The Labute approximate surface area is 180 Å². The Balaban J connectivity index is 1.60. The number of nitrogens with zero attached hydrogens (tertiary/aromatic N) is 5. The molecule has 4 aromatic rings. The van der Waals surface area contributed by atoms with Gasteiger partial charge in [-0.15, -0.1) is 11.3 Å². The molecule has 0 spiro atoms. The van der Waals surface area contributed by atoms with E-state index >= 15 is 0 Å². The summed E-state index contributed by atoms with van der Waals surface area (Å²) in [4.78, 5) is 25.5. The zero-order chi connectivity index (χ0) is 20.8. The second-order valence-electron chi connectivity index (χ2n) is 7.13. The maximum absolute atomic E-state index is 13.3. The lowest BCUT2D eigenvalue weighted by atomic mass is 10.1. The van der Waals surface area contributed by atoms with Gasteiger partial charge in [-0.1, -0.05) is 6.07 Å². The number of hydrogen-bond donors (Lipinski definition) is 0. The highest BCUT2D eigenvalue weighted by molar-refractivity contribution is 7.13. The highest BCUT2D eigenvalue weighted by Crippen LogP contribution is 2.39. The molecule has 152 valence electrons. The average molecular weight is 440 g/mol. The van der Waals surface area contributed by atoms with Crippen LogP contribution in [0.25, 0.3) is 21.4 Å². The Kier molecular flexibility index (Phi) is 4.71. The van der Waals surface area contributed by atoms with Gasteiger partial charge in [0.1, 0.15) is 17.3 Å². The molecule has 4 heterocycles. The lowest BCUT2D eigenvalue weighted by molar-refractivity contribution is 0.0645. The molecule has 0 saturated heterocycles. The van der Waals surface area contributed by atoms with Gasteiger partial charge in [0.05, 0.1) is 16.6 Å². The fourth-order valence-corrected chi connectivity index (χ4v) is 5.24. The summed E-state index contributed by atoms with van der Waals surface area (Å²) in [6.07, 6.45) is 0. The molecular weight excluding hydrogens is 421 g/mol. The maximum atomic E-state index is 13.3. The molecule has 6 nitrogen and oxygen atoms in total. The molecule has 1 aliphatic rings. The molecule has 0 aliphatic carbocycles. The molecule has 0 unspecified atom stereocenters. The van der Waals surface area contributed by atoms with Crippen LogP contribution in [0.2, 0.25) is 0 Å². The average Bonchev–Trinajstić information content (AvgIpc) is 3.47. The van der Waals surface area contributed by atoms with Crippen LogP contribution in [0.15, 0.2) is 41.8 Å². The van der Waals surface area contributed by atoms with Gasteiger partial charge in [0.25, 0.3) is 5.91 Å². The summed E-state index contributed by atoms with van der Waals surface area (Å²) in [6, 6.07) is 9.55. The number of rotatable bonds is 3. The third kappa shape index (κ3) is 3.14. The van der Waals surface area contributed by atoms with Crippen LogP contribution < -0.4 is 0 Å². The Morgan fingerprint density at radius 2 is 1.97 bits per heavy atom. The molecule has 1 aromatic carbocycles. The zero-order valence-corrected chi connectivity index (χ0v) is 18.0. The molecule has 0 radical (unpaired) electrons. The molecule has 1 amide bonds. The molecule has 1 aliphatic heterocycles. The van der Waals surface area contributed by atoms with Crippen molar-refractivity contribution >= 4 is 28.8 Å². The van der Waals surface area contributed by atoms with Crippen molar-refractivity contribution in [2.45, 2.75) is 26.4 Å². The largest absolute Gasteiger partial charge is 0.329 e. The minimum atomic E-state index is -0.353. The summed E-state index contributed by atoms with van der Waals surface area (Å²) in [5, 5.41) is 2.80. The van der Waals surface area contributed by atoms with Crippen molar-refractivity contribution in [3.8, 4) is 21.4 Å². The number of thiophene rings is 1. The number of amides is 1. The normalized spacial score (nSPS) is 16.0. The smallest absolute Gasteiger partial charge is 0.254 e. The van der Waals surface area contributed by atoms with Gasteiger partial charge >= 0.3 is 0 Å². The third-order valence-electron chi connectivity index (χ3n) is 5.26. The van der Waals surface area contributed by atoms with E-state index in [2.05, 4.69) is 13.9 Å². The van der Waals surface area contributed by atoms with Gasteiger partial charge in [-0.25, -0.2) is 14.4 Å². The van der Waals surface area contributed by atoms with Gasteiger partial charge < -0.3 is 9.47 Å². The van der Waals surface area contributed by atoms with E-state index in [1.165, 1.54) is 35.8 Å². The second-order valence-corrected chi connectivity index (χ2v) is 8.83. The number of benzene rings is 1. The molecular formula is C21H18FN5OS2. The summed E-state index contributed by atoms with van der Waals surface area (Å²) >= 11 is 2.95. The van der Waals surface area contributed by atoms with Crippen LogP contribution in [0.3, 0.4) is 0 Å². The summed E-state index contributed by atoms with van der Waals surface area (Å²) in [5.41, 5.74) is 2.34. The van der Waals surface area contributed by atoms with E-state index < -0.39 is 0 Å². The molecule has 0 N–H and O–H groups in total. The van der Waals surface area contributed by atoms with E-state index in [0.29, 0.717) is 18.7 Å². The van der Waals surface area contributed by atoms with E-state index in [1.54, 1.807) is 11.3 Å². The topological polar surface area (TPSA) is 63.9 Å². The van der Waals surface area contributed by atoms with Crippen molar-refractivity contribution in [3.05, 3.63) is 64.7 Å². The van der Waals surface area contributed by atoms with Crippen molar-refractivity contribution in [3.63, 3.8) is 0 Å². The van der Waals surface area contributed by atoms with E-state index in [1.807, 2.05) is 36.3 Å². The molecule has 0 bridgehead atoms. The van der Waals surface area contributed by atoms with Crippen LogP contribution in [-0.4, -0.2) is 36.3 Å². The van der Waals surface area contributed by atoms with Crippen LogP contribution >= 0.6 is 22.9 Å². The lowest BCUT2D eigenvalue weighted by Gasteiger charge is -2.35. The van der Waals surface area contributed by atoms with Crippen molar-refractivity contribution < 1.29 is 9.18 Å². The first-order valence-electron chi connectivity index (χ1n) is 9.54. The van der Waals surface area contributed by atoms with Crippen molar-refractivity contribution in [2.75, 3.05) is 6.54 Å².